The lowest BCUT2D eigenvalue weighted by molar-refractivity contribution is 0.152. The van der Waals surface area contributed by atoms with Crippen LogP contribution in [0.1, 0.15) is 0 Å². The summed E-state index contributed by atoms with van der Waals surface area (Å²) in [7, 11) is 0. The van der Waals surface area contributed by atoms with E-state index in [1.807, 2.05) is 48.5 Å². The van der Waals surface area contributed by atoms with Crippen molar-refractivity contribution in [2.24, 2.45) is 0 Å². The van der Waals surface area contributed by atoms with Crippen LogP contribution in [-0.2, 0) is 0 Å². The Kier molecular flexibility index (Phi) is 3.21. The van der Waals surface area contributed by atoms with Crippen molar-refractivity contribution in [3.8, 4) is 10.4 Å². The summed E-state index contributed by atoms with van der Waals surface area (Å²) in [4.78, 5) is 20.3. The number of fused-ring (bicyclic) bond motifs is 2. The molecule has 0 amide bonds. The first-order chi connectivity index (χ1) is 10.8. The highest BCUT2D eigenvalue weighted by atomic mass is 32.1. The molecule has 4 rings (SSSR count). The Morgan fingerprint density at radius 1 is 0.773 bits per heavy atom. The molecular weight excluding hydrogens is 320 g/mol. The number of carbonyl (C=O) groups is 1. The summed E-state index contributed by atoms with van der Waals surface area (Å²) in [5.74, 6) is 0. The molecule has 0 atom stereocenters. The fourth-order valence-corrected chi connectivity index (χ4v) is 3.57. The van der Waals surface area contributed by atoms with Crippen LogP contribution in [0.3, 0.4) is 0 Å². The molecule has 0 bridgehead atoms. The molecule has 0 fully saturated rings. The minimum Gasteiger partial charge on any atom is -0.365 e. The average Bonchev–Trinajstić information content (AvgIpc) is 3.08. The monoisotopic (exact) mass is 328 g/mol. The van der Waals surface area contributed by atoms with Crippen molar-refractivity contribution in [2.75, 3.05) is 0 Å². The number of hydrogen-bond donors (Lipinski definition) is 0. The summed E-state index contributed by atoms with van der Waals surface area (Å²) < 4.78 is 12.1. The lowest BCUT2D eigenvalue weighted by Gasteiger charge is -1.98. The number of ether oxygens (including phenoxy) is 2. The normalized spacial score (nSPS) is 10.9. The standard InChI is InChI=1S/C15H8N2O3S2/c18-15(19-13-16-9-5-1-3-7-11(9)21-13)20-14-17-10-6-2-4-8-12(10)22-14/h1-8H. The molecule has 108 valence electrons. The molecule has 2 aromatic heterocycles. The summed E-state index contributed by atoms with van der Waals surface area (Å²) >= 11 is 2.58. The maximum absolute atomic E-state index is 11.8. The SMILES string of the molecule is O=C(Oc1nc2ccccc2s1)Oc1nc2ccccc2s1. The number of carbonyl (C=O) groups excluding carboxylic acids is 1. The number of nitrogens with zero attached hydrogens (tertiary/aromatic N) is 2. The second-order valence-electron chi connectivity index (χ2n) is 4.35. The van der Waals surface area contributed by atoms with E-state index in [4.69, 9.17) is 9.47 Å². The van der Waals surface area contributed by atoms with Crippen molar-refractivity contribution in [2.45, 2.75) is 0 Å². The van der Waals surface area contributed by atoms with Gasteiger partial charge in [0.2, 0.25) is 0 Å². The fraction of sp³-hybridized carbons (Fsp3) is 0. The molecule has 0 N–H and O–H groups in total. The van der Waals surface area contributed by atoms with Crippen LogP contribution in [0.4, 0.5) is 4.79 Å². The van der Waals surface area contributed by atoms with Crippen LogP contribution in [0, 0.1) is 0 Å². The van der Waals surface area contributed by atoms with Gasteiger partial charge in [0, 0.05) is 0 Å². The van der Waals surface area contributed by atoms with Crippen LogP contribution >= 0.6 is 22.7 Å². The van der Waals surface area contributed by atoms with Gasteiger partial charge in [0.15, 0.2) is 0 Å². The maximum Gasteiger partial charge on any atom is 0.523 e. The molecule has 5 nitrogen and oxygen atoms in total. The molecule has 2 heterocycles. The Morgan fingerprint density at radius 3 is 1.68 bits per heavy atom. The van der Waals surface area contributed by atoms with Crippen LogP contribution in [0.15, 0.2) is 48.5 Å². The lowest BCUT2D eigenvalue weighted by atomic mass is 10.3. The molecule has 22 heavy (non-hydrogen) atoms. The van der Waals surface area contributed by atoms with Gasteiger partial charge in [-0.3, -0.25) is 0 Å². The Morgan fingerprint density at radius 2 is 1.23 bits per heavy atom. The lowest BCUT2D eigenvalue weighted by Crippen LogP contribution is -2.13. The first-order valence-corrected chi connectivity index (χ1v) is 8.02. The number of benzene rings is 2. The molecule has 2 aromatic carbocycles. The second-order valence-corrected chi connectivity index (χ2v) is 6.34. The third-order valence-corrected chi connectivity index (χ3v) is 4.72. The molecule has 4 aromatic rings. The first kappa shape index (κ1) is 13.2. The quantitative estimate of drug-likeness (QED) is 0.508. The van der Waals surface area contributed by atoms with E-state index in [0.717, 1.165) is 20.4 Å². The van der Waals surface area contributed by atoms with Crippen LogP contribution in [-0.4, -0.2) is 16.1 Å². The van der Waals surface area contributed by atoms with Gasteiger partial charge in [-0.05, 0) is 24.3 Å². The number of para-hydroxylation sites is 2. The number of rotatable bonds is 2. The predicted octanol–water partition coefficient (Wildman–Crippen LogP) is 4.48. The summed E-state index contributed by atoms with van der Waals surface area (Å²) in [6.07, 6.45) is -0.835. The Hall–Kier alpha value is -2.51. The van der Waals surface area contributed by atoms with Crippen molar-refractivity contribution in [3.63, 3.8) is 0 Å². The molecule has 0 unspecified atom stereocenters. The van der Waals surface area contributed by atoms with Crippen LogP contribution < -0.4 is 9.47 Å². The summed E-state index contributed by atoms with van der Waals surface area (Å²) in [5, 5.41) is 0.514. The molecular formula is C15H8N2O3S2. The minimum absolute atomic E-state index is 0.257. The van der Waals surface area contributed by atoms with Gasteiger partial charge in [-0.1, -0.05) is 46.9 Å². The van der Waals surface area contributed by atoms with Crippen molar-refractivity contribution < 1.29 is 14.3 Å². The molecule has 0 saturated carbocycles. The highest BCUT2D eigenvalue weighted by molar-refractivity contribution is 7.20. The van der Waals surface area contributed by atoms with Gasteiger partial charge in [0.1, 0.15) is 0 Å². The van der Waals surface area contributed by atoms with Gasteiger partial charge >= 0.3 is 6.16 Å². The molecule has 0 aliphatic rings. The third kappa shape index (κ3) is 2.51. The third-order valence-electron chi connectivity index (χ3n) is 2.89. The summed E-state index contributed by atoms with van der Waals surface area (Å²) in [6.45, 7) is 0. The Balaban J connectivity index is 1.52. The van der Waals surface area contributed by atoms with E-state index in [1.165, 1.54) is 22.7 Å². The first-order valence-electron chi connectivity index (χ1n) is 6.39. The number of hydrogen-bond acceptors (Lipinski definition) is 7. The number of aromatic nitrogens is 2. The van der Waals surface area contributed by atoms with Crippen LogP contribution in [0.2, 0.25) is 0 Å². The van der Waals surface area contributed by atoms with E-state index in [2.05, 4.69) is 9.97 Å². The van der Waals surface area contributed by atoms with Gasteiger partial charge in [-0.25, -0.2) is 14.8 Å². The van der Waals surface area contributed by atoms with E-state index in [0.29, 0.717) is 0 Å². The minimum atomic E-state index is -0.835. The predicted molar refractivity (Wildman–Crippen MR) is 85.9 cm³/mol. The Labute approximate surface area is 132 Å². The average molecular weight is 328 g/mol. The van der Waals surface area contributed by atoms with Gasteiger partial charge < -0.3 is 9.47 Å². The molecule has 0 spiro atoms. The van der Waals surface area contributed by atoms with Crippen LogP contribution in [0.5, 0.6) is 10.4 Å². The second kappa shape index (κ2) is 5.36. The van der Waals surface area contributed by atoms with Gasteiger partial charge in [-0.2, -0.15) is 0 Å². The zero-order chi connectivity index (χ0) is 14.9. The topological polar surface area (TPSA) is 61.3 Å². The molecule has 0 aliphatic carbocycles. The smallest absolute Gasteiger partial charge is 0.365 e. The van der Waals surface area contributed by atoms with Crippen molar-refractivity contribution in [3.05, 3.63) is 48.5 Å². The van der Waals surface area contributed by atoms with Crippen molar-refractivity contribution >= 4 is 49.3 Å². The maximum atomic E-state index is 11.8. The summed E-state index contributed by atoms with van der Waals surface area (Å²) in [5.41, 5.74) is 1.57. The summed E-state index contributed by atoms with van der Waals surface area (Å²) in [6, 6.07) is 15.1. The van der Waals surface area contributed by atoms with E-state index in [-0.39, 0.29) is 10.4 Å². The van der Waals surface area contributed by atoms with Crippen molar-refractivity contribution in [1.82, 2.24) is 9.97 Å². The Bertz CT molecular complexity index is 833. The molecule has 0 aliphatic heterocycles. The molecule has 7 heteroatoms. The highest BCUT2D eigenvalue weighted by Crippen LogP contribution is 2.29. The van der Waals surface area contributed by atoms with Gasteiger partial charge in [-0.15, -0.1) is 0 Å². The van der Waals surface area contributed by atoms with Crippen LogP contribution in [0.25, 0.3) is 20.4 Å². The van der Waals surface area contributed by atoms with E-state index in [9.17, 15) is 4.79 Å². The van der Waals surface area contributed by atoms with Gasteiger partial charge in [0.25, 0.3) is 10.4 Å². The van der Waals surface area contributed by atoms with E-state index >= 15 is 0 Å². The van der Waals surface area contributed by atoms with Crippen molar-refractivity contribution in [1.29, 1.82) is 0 Å². The number of thiazole rings is 2. The zero-order valence-corrected chi connectivity index (χ0v) is 12.7. The molecule has 0 radical (unpaired) electrons. The zero-order valence-electron chi connectivity index (χ0n) is 11.1. The van der Waals surface area contributed by atoms with E-state index in [1.54, 1.807) is 0 Å². The van der Waals surface area contributed by atoms with Gasteiger partial charge in [0.05, 0.1) is 20.4 Å². The molecule has 0 saturated heterocycles. The largest absolute Gasteiger partial charge is 0.523 e. The fourth-order valence-electron chi connectivity index (χ4n) is 1.95. The van der Waals surface area contributed by atoms with E-state index < -0.39 is 6.16 Å². The highest BCUT2D eigenvalue weighted by Gasteiger charge is 2.14.